The minimum absolute atomic E-state index is 0.145. The molecule has 0 N–H and O–H groups in total. The van der Waals surface area contributed by atoms with Crippen molar-refractivity contribution in [2.75, 3.05) is 26.2 Å². The van der Waals surface area contributed by atoms with Gasteiger partial charge in [-0.25, -0.2) is 0 Å². The molecule has 0 aliphatic carbocycles. The monoisotopic (exact) mass is 368 g/mol. The molecular weight excluding hydrogens is 344 g/mol. The lowest BCUT2D eigenvalue weighted by atomic mass is 10.2. The number of piperazine rings is 1. The normalized spacial score (nSPS) is 17.5. The predicted octanol–water partition coefficient (Wildman–Crippen LogP) is 3.99. The van der Waals surface area contributed by atoms with Crippen LogP contribution in [0.25, 0.3) is 11.4 Å². The Labute approximate surface area is 158 Å². The lowest BCUT2D eigenvalue weighted by Crippen LogP contribution is -2.46. The second-order valence-corrected chi connectivity index (χ2v) is 8.20. The SMILES string of the molecule is Cc1ccc(CN2CCN([C@@H](C)c3nc(-c4ccccc4)no3)CC2)s1. The molecule has 0 spiro atoms. The summed E-state index contributed by atoms with van der Waals surface area (Å²) in [5, 5.41) is 4.15. The van der Waals surface area contributed by atoms with Crippen LogP contribution in [0.1, 0.15) is 28.6 Å². The minimum Gasteiger partial charge on any atom is -0.337 e. The summed E-state index contributed by atoms with van der Waals surface area (Å²) in [5.41, 5.74) is 0.991. The summed E-state index contributed by atoms with van der Waals surface area (Å²) in [6, 6.07) is 14.6. The number of thiophene rings is 1. The molecule has 4 rings (SSSR count). The fraction of sp³-hybridized carbons (Fsp3) is 0.400. The fourth-order valence-corrected chi connectivity index (χ4v) is 4.30. The largest absolute Gasteiger partial charge is 0.337 e. The summed E-state index contributed by atoms with van der Waals surface area (Å²) < 4.78 is 5.54. The number of aryl methyl sites for hydroxylation is 1. The van der Waals surface area contributed by atoms with Crippen molar-refractivity contribution >= 4 is 11.3 Å². The first-order valence-electron chi connectivity index (χ1n) is 9.10. The van der Waals surface area contributed by atoms with Gasteiger partial charge in [0.15, 0.2) is 0 Å². The Kier molecular flexibility index (Phi) is 5.15. The van der Waals surface area contributed by atoms with Crippen LogP contribution in [-0.2, 0) is 6.54 Å². The molecule has 0 amide bonds. The number of rotatable bonds is 5. The van der Waals surface area contributed by atoms with Gasteiger partial charge < -0.3 is 4.52 Å². The zero-order valence-corrected chi connectivity index (χ0v) is 16.1. The number of hydrogen-bond donors (Lipinski definition) is 0. The standard InChI is InChI=1S/C20H24N4OS/c1-15-8-9-18(26-15)14-23-10-12-24(13-11-23)16(2)20-21-19(22-25-20)17-6-4-3-5-7-17/h3-9,16H,10-14H2,1-2H3/t16-/m0/s1. The first-order valence-corrected chi connectivity index (χ1v) is 9.91. The molecule has 136 valence electrons. The van der Waals surface area contributed by atoms with Crippen LogP contribution in [0, 0.1) is 6.92 Å². The summed E-state index contributed by atoms with van der Waals surface area (Å²) in [6.07, 6.45) is 0. The van der Waals surface area contributed by atoms with Crippen LogP contribution in [0.4, 0.5) is 0 Å². The molecule has 3 aromatic rings. The van der Waals surface area contributed by atoms with E-state index in [0.29, 0.717) is 11.7 Å². The lowest BCUT2D eigenvalue weighted by Gasteiger charge is -2.36. The third-order valence-corrected chi connectivity index (χ3v) is 5.95. The topological polar surface area (TPSA) is 45.4 Å². The van der Waals surface area contributed by atoms with Gasteiger partial charge in [-0.15, -0.1) is 11.3 Å². The third-order valence-electron chi connectivity index (χ3n) is 4.96. The molecule has 0 unspecified atom stereocenters. The zero-order valence-electron chi connectivity index (χ0n) is 15.3. The Bertz CT molecular complexity index is 836. The fourth-order valence-electron chi connectivity index (χ4n) is 3.36. The molecule has 26 heavy (non-hydrogen) atoms. The van der Waals surface area contributed by atoms with E-state index in [9.17, 15) is 0 Å². The molecule has 0 saturated carbocycles. The van der Waals surface area contributed by atoms with E-state index in [4.69, 9.17) is 4.52 Å². The van der Waals surface area contributed by atoms with E-state index in [1.165, 1.54) is 9.75 Å². The van der Waals surface area contributed by atoms with Crippen molar-refractivity contribution in [3.05, 3.63) is 58.1 Å². The van der Waals surface area contributed by atoms with Gasteiger partial charge in [-0.1, -0.05) is 35.5 Å². The molecule has 1 fully saturated rings. The van der Waals surface area contributed by atoms with Crippen molar-refractivity contribution in [2.24, 2.45) is 0 Å². The first kappa shape index (κ1) is 17.4. The average molecular weight is 369 g/mol. The maximum absolute atomic E-state index is 5.54. The highest BCUT2D eigenvalue weighted by atomic mass is 32.1. The van der Waals surface area contributed by atoms with Crippen LogP contribution in [0.15, 0.2) is 47.0 Å². The van der Waals surface area contributed by atoms with E-state index in [-0.39, 0.29) is 6.04 Å². The Morgan fingerprint density at radius 2 is 1.85 bits per heavy atom. The average Bonchev–Trinajstić information content (AvgIpc) is 3.32. The molecule has 1 atom stereocenters. The van der Waals surface area contributed by atoms with Crippen molar-refractivity contribution in [2.45, 2.75) is 26.4 Å². The second-order valence-electron chi connectivity index (χ2n) is 6.82. The van der Waals surface area contributed by atoms with Crippen molar-refractivity contribution in [3.8, 4) is 11.4 Å². The van der Waals surface area contributed by atoms with Crippen molar-refractivity contribution < 1.29 is 4.52 Å². The third kappa shape index (κ3) is 3.87. The zero-order chi connectivity index (χ0) is 17.9. The number of hydrogen-bond acceptors (Lipinski definition) is 6. The van der Waals surface area contributed by atoms with E-state index in [2.05, 4.69) is 45.9 Å². The van der Waals surface area contributed by atoms with Crippen LogP contribution in [0.5, 0.6) is 0 Å². The van der Waals surface area contributed by atoms with Crippen LogP contribution in [0.2, 0.25) is 0 Å². The summed E-state index contributed by atoms with van der Waals surface area (Å²) in [7, 11) is 0. The maximum Gasteiger partial charge on any atom is 0.244 e. The van der Waals surface area contributed by atoms with Gasteiger partial charge in [0, 0.05) is 48.0 Å². The summed E-state index contributed by atoms with van der Waals surface area (Å²) in [4.78, 5) is 12.4. The second kappa shape index (κ2) is 7.70. The van der Waals surface area contributed by atoms with E-state index in [0.717, 1.165) is 38.3 Å². The lowest BCUT2D eigenvalue weighted by molar-refractivity contribution is 0.0851. The highest BCUT2D eigenvalue weighted by molar-refractivity contribution is 7.11. The van der Waals surface area contributed by atoms with E-state index in [1.807, 2.05) is 41.7 Å². The molecule has 3 heterocycles. The van der Waals surface area contributed by atoms with Crippen LogP contribution in [-0.4, -0.2) is 46.1 Å². The number of benzene rings is 1. The highest BCUT2D eigenvalue weighted by Crippen LogP contribution is 2.24. The molecule has 1 saturated heterocycles. The van der Waals surface area contributed by atoms with Gasteiger partial charge in [0.05, 0.1) is 6.04 Å². The Hall–Kier alpha value is -2.02. The number of nitrogens with zero attached hydrogens (tertiary/aromatic N) is 4. The molecule has 1 aliphatic rings. The molecule has 2 aromatic heterocycles. The molecule has 6 heteroatoms. The van der Waals surface area contributed by atoms with Gasteiger partial charge in [-0.05, 0) is 26.0 Å². The smallest absolute Gasteiger partial charge is 0.244 e. The predicted molar refractivity (Wildman–Crippen MR) is 104 cm³/mol. The molecular formula is C20H24N4OS. The van der Waals surface area contributed by atoms with Gasteiger partial charge in [-0.2, -0.15) is 4.98 Å². The molecule has 1 aliphatic heterocycles. The van der Waals surface area contributed by atoms with Crippen LogP contribution < -0.4 is 0 Å². The Morgan fingerprint density at radius 1 is 1.08 bits per heavy atom. The first-order chi connectivity index (χ1) is 12.7. The van der Waals surface area contributed by atoms with Gasteiger partial charge >= 0.3 is 0 Å². The summed E-state index contributed by atoms with van der Waals surface area (Å²) >= 11 is 1.90. The van der Waals surface area contributed by atoms with Crippen molar-refractivity contribution in [1.29, 1.82) is 0 Å². The number of aromatic nitrogens is 2. The van der Waals surface area contributed by atoms with Gasteiger partial charge in [0.2, 0.25) is 11.7 Å². The van der Waals surface area contributed by atoms with Crippen molar-refractivity contribution in [1.82, 2.24) is 19.9 Å². The molecule has 0 bridgehead atoms. The van der Waals surface area contributed by atoms with Crippen LogP contribution >= 0.6 is 11.3 Å². The Balaban J connectivity index is 1.35. The van der Waals surface area contributed by atoms with E-state index < -0.39 is 0 Å². The maximum atomic E-state index is 5.54. The van der Waals surface area contributed by atoms with Crippen molar-refractivity contribution in [3.63, 3.8) is 0 Å². The molecule has 0 radical (unpaired) electrons. The van der Waals surface area contributed by atoms with Gasteiger partial charge in [0.25, 0.3) is 0 Å². The van der Waals surface area contributed by atoms with Crippen LogP contribution in [0.3, 0.4) is 0 Å². The van der Waals surface area contributed by atoms with Gasteiger partial charge in [0.1, 0.15) is 0 Å². The Morgan fingerprint density at radius 3 is 2.54 bits per heavy atom. The molecule has 1 aromatic carbocycles. The van der Waals surface area contributed by atoms with Gasteiger partial charge in [-0.3, -0.25) is 9.80 Å². The summed E-state index contributed by atoms with van der Waals surface area (Å²) in [5.74, 6) is 1.37. The van der Waals surface area contributed by atoms with E-state index in [1.54, 1.807) is 0 Å². The van der Waals surface area contributed by atoms with E-state index >= 15 is 0 Å². The minimum atomic E-state index is 0.145. The summed E-state index contributed by atoms with van der Waals surface area (Å²) in [6.45, 7) is 9.56. The quantitative estimate of drug-likeness (QED) is 0.681. The molecule has 5 nitrogen and oxygen atoms in total. The highest BCUT2D eigenvalue weighted by Gasteiger charge is 2.26.